The van der Waals surface area contributed by atoms with Crippen LogP contribution in [-0.2, 0) is 14.6 Å². The van der Waals surface area contributed by atoms with Crippen LogP contribution >= 0.6 is 0 Å². The van der Waals surface area contributed by atoms with Gasteiger partial charge in [0.15, 0.2) is 9.84 Å². The van der Waals surface area contributed by atoms with E-state index in [2.05, 4.69) is 0 Å². The van der Waals surface area contributed by atoms with Crippen LogP contribution in [0.15, 0.2) is 0 Å². The third-order valence-electron chi connectivity index (χ3n) is 4.68. The van der Waals surface area contributed by atoms with Crippen LogP contribution in [0.25, 0.3) is 0 Å². The Bertz CT molecular complexity index is 347. The summed E-state index contributed by atoms with van der Waals surface area (Å²) in [6, 6.07) is 0. The van der Waals surface area contributed by atoms with Gasteiger partial charge in [0.2, 0.25) is 0 Å². The van der Waals surface area contributed by atoms with Crippen LogP contribution in [0.3, 0.4) is 0 Å². The Morgan fingerprint density at radius 3 is 1.93 bits per heavy atom. The molecule has 0 aromatic carbocycles. The topological polar surface area (TPSA) is 43.4 Å². The predicted octanol–water partition coefficient (Wildman–Crippen LogP) is 1.38. The van der Waals surface area contributed by atoms with Crippen molar-refractivity contribution in [2.75, 3.05) is 24.7 Å². The highest BCUT2D eigenvalue weighted by Gasteiger charge is 2.63. The average Bonchev–Trinajstić information content (AvgIpc) is 2.46. The van der Waals surface area contributed by atoms with E-state index in [9.17, 15) is 8.42 Å². The predicted molar refractivity (Wildman–Crippen MR) is 57.4 cm³/mol. The third kappa shape index (κ3) is 1.30. The molecule has 0 radical (unpaired) electrons. The average molecular weight is 230 g/mol. The van der Waals surface area contributed by atoms with Gasteiger partial charge in [-0.25, -0.2) is 8.42 Å². The lowest BCUT2D eigenvalue weighted by molar-refractivity contribution is 0.149. The molecule has 3 rings (SSSR count). The minimum atomic E-state index is -2.80. The van der Waals surface area contributed by atoms with Gasteiger partial charge in [0.25, 0.3) is 0 Å². The molecule has 2 aliphatic heterocycles. The Kier molecular flexibility index (Phi) is 2.00. The number of ether oxygens (including phenoxy) is 1. The van der Waals surface area contributed by atoms with Crippen LogP contribution in [0, 0.1) is 10.8 Å². The zero-order valence-corrected chi connectivity index (χ0v) is 9.81. The summed E-state index contributed by atoms with van der Waals surface area (Å²) in [6.45, 7) is 1.37. The number of rotatable bonds is 0. The monoisotopic (exact) mass is 230 g/mol. The fraction of sp³-hybridized carbons (Fsp3) is 1.00. The second-order valence-corrected chi connectivity index (χ2v) is 7.71. The van der Waals surface area contributed by atoms with Crippen molar-refractivity contribution in [2.45, 2.75) is 32.1 Å². The van der Waals surface area contributed by atoms with Gasteiger partial charge in [-0.1, -0.05) is 19.3 Å². The Labute approximate surface area is 91.1 Å². The highest BCUT2D eigenvalue weighted by molar-refractivity contribution is 7.91. The molecule has 3 aliphatic rings. The molecule has 4 heteroatoms. The zero-order valence-electron chi connectivity index (χ0n) is 9.00. The van der Waals surface area contributed by atoms with Crippen molar-refractivity contribution in [1.82, 2.24) is 0 Å². The first-order valence-electron chi connectivity index (χ1n) is 5.86. The summed E-state index contributed by atoms with van der Waals surface area (Å²) in [7, 11) is -2.80. The summed E-state index contributed by atoms with van der Waals surface area (Å²) >= 11 is 0. The summed E-state index contributed by atoms with van der Waals surface area (Å²) < 4.78 is 29.3. The molecule has 2 saturated heterocycles. The van der Waals surface area contributed by atoms with E-state index >= 15 is 0 Å². The molecule has 0 aromatic heterocycles. The number of hydrogen-bond donors (Lipinski definition) is 0. The van der Waals surface area contributed by atoms with Crippen molar-refractivity contribution in [3.63, 3.8) is 0 Å². The van der Waals surface area contributed by atoms with E-state index in [-0.39, 0.29) is 10.8 Å². The fourth-order valence-corrected chi connectivity index (χ4v) is 6.81. The first-order chi connectivity index (χ1) is 7.08. The van der Waals surface area contributed by atoms with Crippen LogP contribution in [0.1, 0.15) is 32.1 Å². The normalized spacial score (nSPS) is 48.3. The molecule has 2 unspecified atom stereocenters. The molecule has 1 saturated carbocycles. The van der Waals surface area contributed by atoms with E-state index in [0.717, 1.165) is 12.8 Å². The van der Waals surface area contributed by atoms with Gasteiger partial charge in [-0.3, -0.25) is 0 Å². The van der Waals surface area contributed by atoms with Gasteiger partial charge in [-0.05, 0) is 12.8 Å². The maximum absolute atomic E-state index is 11.9. The Morgan fingerprint density at radius 2 is 1.40 bits per heavy atom. The summed E-state index contributed by atoms with van der Waals surface area (Å²) in [5.74, 6) is 0.778. The maximum atomic E-state index is 11.9. The Morgan fingerprint density at radius 1 is 0.867 bits per heavy atom. The van der Waals surface area contributed by atoms with Gasteiger partial charge in [0, 0.05) is 10.8 Å². The smallest absolute Gasteiger partial charge is 0.151 e. The molecular formula is C11H18O3S. The quantitative estimate of drug-likeness (QED) is 0.631. The molecule has 86 valence electrons. The van der Waals surface area contributed by atoms with Gasteiger partial charge in [0.05, 0.1) is 24.7 Å². The lowest BCUT2D eigenvalue weighted by Crippen LogP contribution is -2.38. The van der Waals surface area contributed by atoms with Gasteiger partial charge in [-0.2, -0.15) is 0 Å². The largest absolute Gasteiger partial charge is 0.380 e. The van der Waals surface area contributed by atoms with Crippen molar-refractivity contribution in [3.05, 3.63) is 0 Å². The molecule has 0 amide bonds. The van der Waals surface area contributed by atoms with Crippen molar-refractivity contribution >= 4 is 9.84 Å². The van der Waals surface area contributed by atoms with Crippen molar-refractivity contribution in [2.24, 2.45) is 10.8 Å². The summed E-state index contributed by atoms with van der Waals surface area (Å²) in [5.41, 5.74) is -0.0231. The van der Waals surface area contributed by atoms with E-state index < -0.39 is 9.84 Å². The maximum Gasteiger partial charge on any atom is 0.151 e. The number of hydrogen-bond acceptors (Lipinski definition) is 3. The SMILES string of the molecule is O=S1(=O)CC23CCCCCC2(COC3)C1. The number of sulfone groups is 1. The van der Waals surface area contributed by atoms with Crippen LogP contribution in [0.5, 0.6) is 0 Å². The molecular weight excluding hydrogens is 212 g/mol. The van der Waals surface area contributed by atoms with E-state index in [1.54, 1.807) is 0 Å². The van der Waals surface area contributed by atoms with Gasteiger partial charge in [-0.15, -0.1) is 0 Å². The first-order valence-corrected chi connectivity index (χ1v) is 7.68. The first kappa shape index (κ1) is 10.1. The molecule has 2 heterocycles. The van der Waals surface area contributed by atoms with Crippen molar-refractivity contribution in [3.8, 4) is 0 Å². The molecule has 2 atom stereocenters. The second kappa shape index (κ2) is 2.98. The van der Waals surface area contributed by atoms with Crippen LogP contribution in [0.2, 0.25) is 0 Å². The molecule has 3 fully saturated rings. The summed E-state index contributed by atoms with van der Waals surface area (Å²) in [5, 5.41) is 0. The lowest BCUT2D eigenvalue weighted by Gasteiger charge is -2.35. The minimum absolute atomic E-state index is 0.0116. The molecule has 3 nitrogen and oxygen atoms in total. The highest BCUT2D eigenvalue weighted by atomic mass is 32.2. The van der Waals surface area contributed by atoms with E-state index in [0.29, 0.717) is 24.7 Å². The molecule has 1 aliphatic carbocycles. The van der Waals surface area contributed by atoms with Gasteiger partial charge >= 0.3 is 0 Å². The minimum Gasteiger partial charge on any atom is -0.380 e. The Hall–Kier alpha value is -0.0900. The van der Waals surface area contributed by atoms with Crippen LogP contribution < -0.4 is 0 Å². The molecule has 0 bridgehead atoms. The Balaban J connectivity index is 2.07. The van der Waals surface area contributed by atoms with Crippen molar-refractivity contribution < 1.29 is 13.2 Å². The molecule has 0 spiro atoms. The summed E-state index contributed by atoms with van der Waals surface area (Å²) in [6.07, 6.45) is 5.75. The zero-order chi connectivity index (χ0) is 10.6. The van der Waals surface area contributed by atoms with Crippen LogP contribution in [-0.4, -0.2) is 33.1 Å². The van der Waals surface area contributed by atoms with Gasteiger partial charge < -0.3 is 4.74 Å². The van der Waals surface area contributed by atoms with E-state index in [4.69, 9.17) is 4.74 Å². The standard InChI is InChI=1S/C11H18O3S/c12-15(13)8-10-4-2-1-3-5-11(10,9-15)7-14-6-10/h1-9H2. The third-order valence-corrected chi connectivity index (χ3v) is 6.67. The second-order valence-electron chi connectivity index (χ2n) is 5.65. The molecule has 15 heavy (non-hydrogen) atoms. The summed E-state index contributed by atoms with van der Waals surface area (Å²) in [4.78, 5) is 0. The lowest BCUT2D eigenvalue weighted by atomic mass is 9.65. The van der Waals surface area contributed by atoms with E-state index in [1.807, 2.05) is 0 Å². The molecule has 0 N–H and O–H groups in total. The van der Waals surface area contributed by atoms with Gasteiger partial charge in [0.1, 0.15) is 0 Å². The van der Waals surface area contributed by atoms with Crippen molar-refractivity contribution in [1.29, 1.82) is 0 Å². The fourth-order valence-electron chi connectivity index (χ4n) is 3.95. The highest BCUT2D eigenvalue weighted by Crippen LogP contribution is 2.58. The van der Waals surface area contributed by atoms with E-state index in [1.165, 1.54) is 19.3 Å². The molecule has 0 aromatic rings. The van der Waals surface area contributed by atoms with Crippen LogP contribution in [0.4, 0.5) is 0 Å².